The summed E-state index contributed by atoms with van der Waals surface area (Å²) in [6.07, 6.45) is 3.71. The first-order valence-corrected chi connectivity index (χ1v) is 5.93. The summed E-state index contributed by atoms with van der Waals surface area (Å²) < 4.78 is 0. The number of carboxylic acid groups (broad SMARTS) is 1. The van der Waals surface area contributed by atoms with Crippen molar-refractivity contribution in [1.29, 1.82) is 0 Å². The van der Waals surface area contributed by atoms with Crippen molar-refractivity contribution in [2.75, 3.05) is 12.3 Å². The van der Waals surface area contributed by atoms with Gasteiger partial charge in [0.05, 0.1) is 0 Å². The molecule has 5 heteroatoms. The molecule has 1 aliphatic heterocycles. The summed E-state index contributed by atoms with van der Waals surface area (Å²) in [6, 6.07) is -0.625. The molecule has 86 valence electrons. The van der Waals surface area contributed by atoms with E-state index in [0.717, 1.165) is 19.3 Å². The SMILES string of the molecule is O=C(O)C1CCCCCN1C(=O)CCS. The van der Waals surface area contributed by atoms with E-state index in [9.17, 15) is 9.59 Å². The van der Waals surface area contributed by atoms with Crippen molar-refractivity contribution in [2.24, 2.45) is 0 Å². The quantitative estimate of drug-likeness (QED) is 0.717. The predicted octanol–water partition coefficient (Wildman–Crippen LogP) is 1.16. The molecule has 4 nitrogen and oxygen atoms in total. The van der Waals surface area contributed by atoms with Crippen LogP contribution in [0.25, 0.3) is 0 Å². The maximum Gasteiger partial charge on any atom is 0.326 e. The second-order valence-corrected chi connectivity index (χ2v) is 4.21. The van der Waals surface area contributed by atoms with Crippen molar-refractivity contribution in [3.8, 4) is 0 Å². The summed E-state index contributed by atoms with van der Waals surface area (Å²) in [5.74, 6) is -0.495. The molecule has 0 aromatic heterocycles. The van der Waals surface area contributed by atoms with Gasteiger partial charge in [0.1, 0.15) is 6.04 Å². The van der Waals surface area contributed by atoms with E-state index in [0.29, 0.717) is 25.1 Å². The van der Waals surface area contributed by atoms with Crippen LogP contribution in [0.3, 0.4) is 0 Å². The third-order valence-corrected chi connectivity index (χ3v) is 2.91. The Kier molecular flexibility index (Phi) is 4.94. The lowest BCUT2D eigenvalue weighted by atomic mass is 10.1. The standard InChI is InChI=1S/C10H17NO3S/c12-9(5-7-15)11-6-3-1-2-4-8(11)10(13)14/h8,15H,1-7H2,(H,13,14). The Hall–Kier alpha value is -0.710. The van der Waals surface area contributed by atoms with Crippen LogP contribution in [0.1, 0.15) is 32.1 Å². The molecule has 1 amide bonds. The highest BCUT2D eigenvalue weighted by Crippen LogP contribution is 2.18. The van der Waals surface area contributed by atoms with Crippen molar-refractivity contribution < 1.29 is 14.7 Å². The van der Waals surface area contributed by atoms with E-state index in [1.807, 2.05) is 0 Å². The van der Waals surface area contributed by atoms with E-state index in [4.69, 9.17) is 5.11 Å². The molecular formula is C10H17NO3S. The number of hydrogen-bond acceptors (Lipinski definition) is 3. The highest BCUT2D eigenvalue weighted by molar-refractivity contribution is 7.80. The van der Waals surface area contributed by atoms with Crippen LogP contribution >= 0.6 is 12.6 Å². The van der Waals surface area contributed by atoms with Gasteiger partial charge in [-0.05, 0) is 18.6 Å². The topological polar surface area (TPSA) is 57.6 Å². The predicted molar refractivity (Wildman–Crippen MR) is 60.1 cm³/mol. The van der Waals surface area contributed by atoms with Crippen molar-refractivity contribution in [3.63, 3.8) is 0 Å². The Bertz CT molecular complexity index is 245. The van der Waals surface area contributed by atoms with Crippen LogP contribution < -0.4 is 0 Å². The van der Waals surface area contributed by atoms with Crippen LogP contribution in [-0.4, -0.2) is 40.2 Å². The molecule has 0 radical (unpaired) electrons. The van der Waals surface area contributed by atoms with E-state index in [2.05, 4.69) is 12.6 Å². The minimum atomic E-state index is -0.885. The van der Waals surface area contributed by atoms with Gasteiger partial charge in [-0.1, -0.05) is 12.8 Å². The minimum Gasteiger partial charge on any atom is -0.480 e. The maximum absolute atomic E-state index is 11.7. The summed E-state index contributed by atoms with van der Waals surface area (Å²) in [7, 11) is 0. The number of aliphatic carboxylic acids is 1. The Morgan fingerprint density at radius 1 is 1.33 bits per heavy atom. The lowest BCUT2D eigenvalue weighted by Crippen LogP contribution is -2.44. The zero-order chi connectivity index (χ0) is 11.3. The molecule has 0 spiro atoms. The molecule has 1 atom stereocenters. The van der Waals surface area contributed by atoms with Gasteiger partial charge in [0.2, 0.25) is 5.91 Å². The van der Waals surface area contributed by atoms with E-state index in [1.165, 1.54) is 4.90 Å². The number of carbonyl (C=O) groups excluding carboxylic acids is 1. The number of amides is 1. The van der Waals surface area contributed by atoms with Gasteiger partial charge in [-0.2, -0.15) is 12.6 Å². The molecule has 1 rings (SSSR count). The molecule has 0 saturated carbocycles. The van der Waals surface area contributed by atoms with Crippen molar-refractivity contribution >= 4 is 24.5 Å². The van der Waals surface area contributed by atoms with E-state index < -0.39 is 12.0 Å². The van der Waals surface area contributed by atoms with Crippen LogP contribution in [0, 0.1) is 0 Å². The van der Waals surface area contributed by atoms with Crippen LogP contribution in [0.15, 0.2) is 0 Å². The smallest absolute Gasteiger partial charge is 0.326 e. The summed E-state index contributed by atoms with van der Waals surface area (Å²) >= 11 is 3.99. The molecule has 1 unspecified atom stereocenters. The second-order valence-electron chi connectivity index (χ2n) is 3.76. The Labute approximate surface area is 95.1 Å². The van der Waals surface area contributed by atoms with Gasteiger partial charge in [0.15, 0.2) is 0 Å². The van der Waals surface area contributed by atoms with Crippen LogP contribution in [0.2, 0.25) is 0 Å². The van der Waals surface area contributed by atoms with E-state index in [1.54, 1.807) is 0 Å². The molecular weight excluding hydrogens is 214 g/mol. The third kappa shape index (κ3) is 3.41. The third-order valence-electron chi connectivity index (χ3n) is 2.68. The number of hydrogen-bond donors (Lipinski definition) is 2. The normalized spacial score (nSPS) is 22.2. The molecule has 0 aromatic carbocycles. The molecule has 0 aromatic rings. The van der Waals surface area contributed by atoms with Gasteiger partial charge in [0, 0.05) is 13.0 Å². The van der Waals surface area contributed by atoms with Gasteiger partial charge in [-0.15, -0.1) is 0 Å². The fourth-order valence-electron chi connectivity index (χ4n) is 1.90. The number of carboxylic acids is 1. The fraction of sp³-hybridized carbons (Fsp3) is 0.800. The molecule has 1 heterocycles. The Morgan fingerprint density at radius 2 is 2.07 bits per heavy atom. The molecule has 1 saturated heterocycles. The Morgan fingerprint density at radius 3 is 2.67 bits per heavy atom. The molecule has 1 N–H and O–H groups in total. The monoisotopic (exact) mass is 231 g/mol. The first-order chi connectivity index (χ1) is 7.16. The van der Waals surface area contributed by atoms with Crippen molar-refractivity contribution in [3.05, 3.63) is 0 Å². The van der Waals surface area contributed by atoms with Gasteiger partial charge in [0.25, 0.3) is 0 Å². The van der Waals surface area contributed by atoms with Crippen LogP contribution in [-0.2, 0) is 9.59 Å². The van der Waals surface area contributed by atoms with E-state index >= 15 is 0 Å². The molecule has 1 fully saturated rings. The second kappa shape index (κ2) is 6.00. The highest BCUT2D eigenvalue weighted by Gasteiger charge is 2.29. The van der Waals surface area contributed by atoms with Crippen LogP contribution in [0.5, 0.6) is 0 Å². The average Bonchev–Trinajstić information content (AvgIpc) is 2.42. The molecule has 1 aliphatic rings. The lowest BCUT2D eigenvalue weighted by Gasteiger charge is -2.26. The molecule has 15 heavy (non-hydrogen) atoms. The molecule has 0 aliphatic carbocycles. The minimum absolute atomic E-state index is 0.0840. The van der Waals surface area contributed by atoms with Gasteiger partial charge in [-0.3, -0.25) is 4.79 Å². The number of carbonyl (C=O) groups is 2. The highest BCUT2D eigenvalue weighted by atomic mass is 32.1. The zero-order valence-electron chi connectivity index (χ0n) is 8.69. The average molecular weight is 231 g/mol. The summed E-state index contributed by atoms with van der Waals surface area (Å²) in [6.45, 7) is 0.573. The number of rotatable bonds is 3. The molecule has 0 bridgehead atoms. The van der Waals surface area contributed by atoms with Gasteiger partial charge in [-0.25, -0.2) is 4.79 Å². The van der Waals surface area contributed by atoms with Crippen molar-refractivity contribution in [1.82, 2.24) is 4.90 Å². The number of thiol groups is 1. The van der Waals surface area contributed by atoms with Gasteiger partial charge < -0.3 is 10.0 Å². The summed E-state index contributed by atoms with van der Waals surface area (Å²) in [5, 5.41) is 9.04. The summed E-state index contributed by atoms with van der Waals surface area (Å²) in [5.41, 5.74) is 0. The summed E-state index contributed by atoms with van der Waals surface area (Å²) in [4.78, 5) is 24.2. The first-order valence-electron chi connectivity index (χ1n) is 5.30. The fourth-order valence-corrected chi connectivity index (χ4v) is 2.09. The number of nitrogens with zero attached hydrogens (tertiary/aromatic N) is 1. The Balaban J connectivity index is 2.69. The zero-order valence-corrected chi connectivity index (χ0v) is 9.58. The largest absolute Gasteiger partial charge is 0.480 e. The maximum atomic E-state index is 11.7. The van der Waals surface area contributed by atoms with Crippen molar-refractivity contribution in [2.45, 2.75) is 38.1 Å². The number of likely N-dealkylation sites (tertiary alicyclic amines) is 1. The lowest BCUT2D eigenvalue weighted by molar-refractivity contribution is -0.150. The first kappa shape index (κ1) is 12.4. The van der Waals surface area contributed by atoms with Crippen LogP contribution in [0.4, 0.5) is 0 Å². The van der Waals surface area contributed by atoms with Gasteiger partial charge >= 0.3 is 5.97 Å². The van der Waals surface area contributed by atoms with E-state index in [-0.39, 0.29) is 5.91 Å².